The number of nitrogens with zero attached hydrogens (tertiary/aromatic N) is 3. The van der Waals surface area contributed by atoms with Crippen molar-refractivity contribution < 1.29 is 22.8 Å². The lowest BCUT2D eigenvalue weighted by atomic mass is 10.1. The van der Waals surface area contributed by atoms with Gasteiger partial charge in [-0.25, -0.2) is 0 Å². The summed E-state index contributed by atoms with van der Waals surface area (Å²) in [6.45, 7) is 2.03. The number of halogens is 3. The molecule has 1 aromatic heterocycles. The molecule has 0 aliphatic carbocycles. The third kappa shape index (κ3) is 4.44. The van der Waals surface area contributed by atoms with E-state index >= 15 is 0 Å². The Labute approximate surface area is 157 Å². The predicted molar refractivity (Wildman–Crippen MR) is 94.4 cm³/mol. The molecule has 6 nitrogen and oxygen atoms in total. The summed E-state index contributed by atoms with van der Waals surface area (Å²) in [5.41, 5.74) is -0.704. The number of benzene rings is 1. The highest BCUT2D eigenvalue weighted by molar-refractivity contribution is 7.15. The molecule has 144 valence electrons. The number of rotatable bonds is 5. The van der Waals surface area contributed by atoms with E-state index < -0.39 is 29.5 Å². The van der Waals surface area contributed by atoms with Crippen molar-refractivity contribution >= 4 is 34.0 Å². The van der Waals surface area contributed by atoms with Crippen LogP contribution in [-0.2, 0) is 22.2 Å². The Bertz CT molecular complexity index is 853. The summed E-state index contributed by atoms with van der Waals surface area (Å²) in [5.74, 6) is -1.44. The largest absolute Gasteiger partial charge is 0.416 e. The zero-order chi connectivity index (χ0) is 19.6. The van der Waals surface area contributed by atoms with Crippen molar-refractivity contribution in [3.05, 3.63) is 34.8 Å². The minimum absolute atomic E-state index is 0.0204. The van der Waals surface area contributed by atoms with Gasteiger partial charge in [0.25, 0.3) is 0 Å². The van der Waals surface area contributed by atoms with E-state index in [9.17, 15) is 22.8 Å². The number of hydrogen-bond donors (Lipinski definition) is 1. The van der Waals surface area contributed by atoms with Crippen molar-refractivity contribution in [3.63, 3.8) is 0 Å². The monoisotopic (exact) mass is 398 g/mol. The van der Waals surface area contributed by atoms with Crippen LogP contribution in [0.15, 0.2) is 24.3 Å². The van der Waals surface area contributed by atoms with E-state index in [1.54, 1.807) is 0 Å². The number of carbonyl (C=O) groups is 2. The first-order chi connectivity index (χ1) is 12.8. The van der Waals surface area contributed by atoms with Crippen molar-refractivity contribution in [1.29, 1.82) is 0 Å². The number of nitrogens with one attached hydrogen (secondary N) is 1. The third-order valence-electron chi connectivity index (χ3n) is 4.14. The molecular weight excluding hydrogens is 381 g/mol. The van der Waals surface area contributed by atoms with Crippen LogP contribution < -0.4 is 10.2 Å². The second-order valence-corrected chi connectivity index (χ2v) is 7.26. The molecule has 2 aromatic rings. The number of hydrogen-bond acceptors (Lipinski definition) is 5. The summed E-state index contributed by atoms with van der Waals surface area (Å²) in [7, 11) is 0. The maximum Gasteiger partial charge on any atom is 0.416 e. The lowest BCUT2D eigenvalue weighted by Crippen LogP contribution is -2.28. The first kappa shape index (κ1) is 19.3. The van der Waals surface area contributed by atoms with Crippen LogP contribution in [0.25, 0.3) is 0 Å². The van der Waals surface area contributed by atoms with Crippen molar-refractivity contribution in [2.24, 2.45) is 5.92 Å². The smallest absolute Gasteiger partial charge is 0.312 e. The van der Waals surface area contributed by atoms with Crippen molar-refractivity contribution in [3.8, 4) is 0 Å². The van der Waals surface area contributed by atoms with E-state index in [0.29, 0.717) is 5.13 Å². The first-order valence-electron chi connectivity index (χ1n) is 8.38. The fourth-order valence-corrected chi connectivity index (χ4v) is 3.65. The molecule has 0 spiro atoms. The lowest BCUT2D eigenvalue weighted by Gasteiger charge is -2.18. The Kier molecular flexibility index (Phi) is 5.45. The highest BCUT2D eigenvalue weighted by atomic mass is 32.1. The Morgan fingerprint density at radius 1 is 1.37 bits per heavy atom. The highest BCUT2D eigenvalue weighted by Crippen LogP contribution is 2.33. The van der Waals surface area contributed by atoms with Crippen LogP contribution in [0.1, 0.15) is 30.3 Å². The molecule has 1 atom stereocenters. The lowest BCUT2D eigenvalue weighted by molar-refractivity contribution is -0.137. The Balaban J connectivity index is 1.68. The van der Waals surface area contributed by atoms with Crippen molar-refractivity contribution in [2.75, 3.05) is 16.8 Å². The molecule has 1 fully saturated rings. The summed E-state index contributed by atoms with van der Waals surface area (Å²) >= 11 is 1.27. The van der Waals surface area contributed by atoms with Crippen LogP contribution in [0.3, 0.4) is 0 Å². The normalized spacial score (nSPS) is 17.4. The van der Waals surface area contributed by atoms with Gasteiger partial charge in [0.2, 0.25) is 16.9 Å². The Morgan fingerprint density at radius 2 is 2.15 bits per heavy atom. The van der Waals surface area contributed by atoms with Gasteiger partial charge in [0.15, 0.2) is 0 Å². The zero-order valence-electron chi connectivity index (χ0n) is 14.4. The molecule has 0 radical (unpaired) electrons. The highest BCUT2D eigenvalue weighted by Gasteiger charge is 2.37. The molecular formula is C17H17F3N4O2S. The summed E-state index contributed by atoms with van der Waals surface area (Å²) in [6, 6.07) is 4.53. The van der Waals surface area contributed by atoms with Crippen molar-refractivity contribution in [2.45, 2.75) is 32.4 Å². The van der Waals surface area contributed by atoms with Gasteiger partial charge in [-0.15, -0.1) is 10.2 Å². The predicted octanol–water partition coefficient (Wildman–Crippen LogP) is 3.50. The number of aromatic nitrogens is 2. The summed E-state index contributed by atoms with van der Waals surface area (Å²) < 4.78 is 38.6. The van der Waals surface area contributed by atoms with Crippen LogP contribution in [0, 0.1) is 5.92 Å². The molecule has 3 rings (SSSR count). The fourth-order valence-electron chi connectivity index (χ4n) is 2.81. The van der Waals surface area contributed by atoms with Gasteiger partial charge in [-0.3, -0.25) is 9.59 Å². The van der Waals surface area contributed by atoms with Gasteiger partial charge in [-0.1, -0.05) is 24.3 Å². The molecule has 1 aliphatic heterocycles. The number of aryl methyl sites for hydroxylation is 1. The summed E-state index contributed by atoms with van der Waals surface area (Å²) in [6.07, 6.45) is -2.89. The maximum absolute atomic E-state index is 12.9. The average molecular weight is 398 g/mol. The van der Waals surface area contributed by atoms with E-state index in [-0.39, 0.29) is 18.7 Å². The number of alkyl halides is 3. The topological polar surface area (TPSA) is 75.2 Å². The van der Waals surface area contributed by atoms with E-state index in [1.807, 2.05) is 6.92 Å². The second-order valence-electron chi connectivity index (χ2n) is 6.19. The molecule has 10 heteroatoms. The fraction of sp³-hybridized carbons (Fsp3) is 0.412. The molecule has 1 aliphatic rings. The minimum Gasteiger partial charge on any atom is -0.312 e. The molecule has 0 bridgehead atoms. The van der Waals surface area contributed by atoms with E-state index in [4.69, 9.17) is 0 Å². The van der Waals surface area contributed by atoms with Gasteiger partial charge in [0.05, 0.1) is 11.5 Å². The van der Waals surface area contributed by atoms with Crippen LogP contribution >= 0.6 is 11.3 Å². The molecule has 1 aromatic carbocycles. The third-order valence-corrected chi connectivity index (χ3v) is 5.04. The van der Waals surface area contributed by atoms with Gasteiger partial charge < -0.3 is 10.2 Å². The standard InChI is InChI=1S/C17H17F3N4O2S/c1-2-4-13-22-23-16(27-13)21-15(26)10-7-14(25)24(9-10)12-6-3-5-11(8-12)17(18,19)20/h3,5-6,8,10H,2,4,7,9H2,1H3,(H,21,23,26). The quantitative estimate of drug-likeness (QED) is 0.837. The number of amides is 2. The SMILES string of the molecule is CCCc1nnc(NC(=O)C2CC(=O)N(c3cccc(C(F)(F)F)c3)C2)s1. The van der Waals surface area contributed by atoms with E-state index in [1.165, 1.54) is 28.4 Å². The molecule has 2 heterocycles. The van der Waals surface area contributed by atoms with Crippen LogP contribution in [0.2, 0.25) is 0 Å². The van der Waals surface area contributed by atoms with Crippen molar-refractivity contribution in [1.82, 2.24) is 10.2 Å². The second kappa shape index (κ2) is 7.63. The molecule has 1 saturated heterocycles. The molecule has 1 N–H and O–H groups in total. The van der Waals surface area contributed by atoms with Gasteiger partial charge in [-0.05, 0) is 24.6 Å². The molecule has 1 unspecified atom stereocenters. The van der Waals surface area contributed by atoms with Crippen LogP contribution in [0.5, 0.6) is 0 Å². The minimum atomic E-state index is -4.50. The Morgan fingerprint density at radius 3 is 2.85 bits per heavy atom. The maximum atomic E-state index is 12.9. The Hall–Kier alpha value is -2.49. The summed E-state index contributed by atoms with van der Waals surface area (Å²) in [4.78, 5) is 25.8. The first-order valence-corrected chi connectivity index (χ1v) is 9.20. The van der Waals surface area contributed by atoms with Gasteiger partial charge in [0, 0.05) is 25.1 Å². The van der Waals surface area contributed by atoms with Crippen LogP contribution in [0.4, 0.5) is 24.0 Å². The molecule has 27 heavy (non-hydrogen) atoms. The average Bonchev–Trinajstić information content (AvgIpc) is 3.21. The van der Waals surface area contributed by atoms with Gasteiger partial charge in [-0.2, -0.15) is 13.2 Å². The number of carbonyl (C=O) groups excluding carboxylic acids is 2. The summed E-state index contributed by atoms with van der Waals surface area (Å²) in [5, 5.41) is 11.7. The van der Waals surface area contributed by atoms with Gasteiger partial charge in [0.1, 0.15) is 5.01 Å². The number of anilines is 2. The molecule has 2 amide bonds. The molecule has 0 saturated carbocycles. The zero-order valence-corrected chi connectivity index (χ0v) is 15.2. The van der Waals surface area contributed by atoms with Gasteiger partial charge >= 0.3 is 6.18 Å². The van der Waals surface area contributed by atoms with E-state index in [2.05, 4.69) is 15.5 Å². The van der Waals surface area contributed by atoms with E-state index in [0.717, 1.165) is 30.0 Å². The van der Waals surface area contributed by atoms with Crippen LogP contribution in [-0.4, -0.2) is 28.6 Å².